The van der Waals surface area contributed by atoms with Gasteiger partial charge in [0.15, 0.2) is 0 Å². The number of nitrogens with one attached hydrogen (secondary N) is 1. The third-order valence-electron chi connectivity index (χ3n) is 2.79. The molecule has 0 aromatic heterocycles. The molecule has 90 valence electrons. The zero-order valence-corrected chi connectivity index (χ0v) is 9.51. The molecule has 1 atom stereocenters. The lowest BCUT2D eigenvalue weighted by molar-refractivity contribution is -0.121. The van der Waals surface area contributed by atoms with Gasteiger partial charge >= 0.3 is 6.03 Å². The molecular formula is C12H14N2O3. The molecule has 0 bridgehead atoms. The van der Waals surface area contributed by atoms with Crippen molar-refractivity contribution in [3.05, 3.63) is 35.4 Å². The van der Waals surface area contributed by atoms with Crippen LogP contribution in [0.5, 0.6) is 0 Å². The summed E-state index contributed by atoms with van der Waals surface area (Å²) in [5, 5.41) is 11.2. The van der Waals surface area contributed by atoms with Gasteiger partial charge < -0.3 is 10.0 Å². The fraction of sp³-hybridized carbons (Fsp3) is 0.333. The largest absolute Gasteiger partial charge is 0.395 e. The Bertz CT molecular complexity index is 442. The van der Waals surface area contributed by atoms with Gasteiger partial charge in [-0.1, -0.05) is 29.8 Å². The van der Waals surface area contributed by atoms with Crippen molar-refractivity contribution >= 4 is 11.9 Å². The van der Waals surface area contributed by atoms with Crippen molar-refractivity contribution in [1.82, 2.24) is 10.2 Å². The number of aliphatic hydroxyl groups excluding tert-OH is 1. The number of carbonyl (C=O) groups excluding carboxylic acids is 2. The van der Waals surface area contributed by atoms with Crippen molar-refractivity contribution in [2.24, 2.45) is 0 Å². The van der Waals surface area contributed by atoms with E-state index in [1.54, 1.807) is 0 Å². The van der Waals surface area contributed by atoms with Crippen LogP contribution >= 0.6 is 0 Å². The lowest BCUT2D eigenvalue weighted by Gasteiger charge is -2.20. The Morgan fingerprint density at radius 1 is 1.29 bits per heavy atom. The Hall–Kier alpha value is -1.88. The number of rotatable bonds is 3. The summed E-state index contributed by atoms with van der Waals surface area (Å²) in [7, 11) is 0. The van der Waals surface area contributed by atoms with Gasteiger partial charge in [0.05, 0.1) is 6.61 Å². The van der Waals surface area contributed by atoms with E-state index in [4.69, 9.17) is 5.11 Å². The molecule has 2 N–H and O–H groups in total. The molecule has 5 heteroatoms. The molecule has 5 nitrogen and oxygen atoms in total. The number of benzene rings is 1. The van der Waals surface area contributed by atoms with Crippen LogP contribution in [0.1, 0.15) is 17.2 Å². The first-order valence-corrected chi connectivity index (χ1v) is 5.42. The molecule has 1 saturated heterocycles. The Balaban J connectivity index is 2.31. The molecule has 1 unspecified atom stereocenters. The smallest absolute Gasteiger partial charge is 0.325 e. The maximum Gasteiger partial charge on any atom is 0.325 e. The van der Waals surface area contributed by atoms with E-state index in [1.165, 1.54) is 4.90 Å². The van der Waals surface area contributed by atoms with Crippen molar-refractivity contribution in [3.8, 4) is 0 Å². The molecule has 1 aliphatic rings. The number of carbonyl (C=O) groups is 2. The van der Waals surface area contributed by atoms with E-state index < -0.39 is 12.1 Å². The topological polar surface area (TPSA) is 69.6 Å². The summed E-state index contributed by atoms with van der Waals surface area (Å²) in [6, 6.07) is 6.35. The van der Waals surface area contributed by atoms with Gasteiger partial charge in [0, 0.05) is 6.54 Å². The molecule has 0 radical (unpaired) electrons. The highest BCUT2D eigenvalue weighted by atomic mass is 16.3. The second-order valence-electron chi connectivity index (χ2n) is 4.02. The number of amides is 3. The molecule has 1 heterocycles. The molecule has 0 aliphatic carbocycles. The minimum Gasteiger partial charge on any atom is -0.395 e. The standard InChI is InChI=1S/C12H14N2O3/c1-8-2-4-9(5-3-8)10-11(16)13-12(17)14(10)6-7-15/h2-5,10,15H,6-7H2,1H3,(H,13,16,17). The minimum absolute atomic E-state index is 0.149. The van der Waals surface area contributed by atoms with Crippen LogP contribution in [-0.2, 0) is 4.79 Å². The number of hydrogen-bond acceptors (Lipinski definition) is 3. The van der Waals surface area contributed by atoms with Gasteiger partial charge in [-0.2, -0.15) is 0 Å². The van der Waals surface area contributed by atoms with E-state index >= 15 is 0 Å². The average molecular weight is 234 g/mol. The fourth-order valence-electron chi connectivity index (χ4n) is 1.92. The normalized spacial score (nSPS) is 19.6. The predicted molar refractivity (Wildman–Crippen MR) is 61.3 cm³/mol. The molecule has 0 saturated carbocycles. The van der Waals surface area contributed by atoms with E-state index in [-0.39, 0.29) is 19.1 Å². The van der Waals surface area contributed by atoms with Crippen LogP contribution in [0.25, 0.3) is 0 Å². The quantitative estimate of drug-likeness (QED) is 0.752. The zero-order valence-electron chi connectivity index (χ0n) is 9.51. The second-order valence-corrected chi connectivity index (χ2v) is 4.02. The SMILES string of the molecule is Cc1ccc(C2C(=O)NC(=O)N2CCO)cc1. The molecule has 0 spiro atoms. The Labute approximate surface area is 99.0 Å². The summed E-state index contributed by atoms with van der Waals surface area (Å²) < 4.78 is 0. The van der Waals surface area contributed by atoms with E-state index in [9.17, 15) is 9.59 Å². The monoisotopic (exact) mass is 234 g/mol. The van der Waals surface area contributed by atoms with Gasteiger partial charge in [-0.3, -0.25) is 10.1 Å². The maximum atomic E-state index is 11.7. The highest BCUT2D eigenvalue weighted by molar-refractivity contribution is 6.04. The lowest BCUT2D eigenvalue weighted by Crippen LogP contribution is -2.32. The first-order chi connectivity index (χ1) is 8.13. The van der Waals surface area contributed by atoms with Crippen LogP contribution in [0.15, 0.2) is 24.3 Å². The van der Waals surface area contributed by atoms with Crippen LogP contribution < -0.4 is 5.32 Å². The van der Waals surface area contributed by atoms with Gasteiger partial charge in [0.2, 0.25) is 0 Å². The van der Waals surface area contributed by atoms with Gasteiger partial charge in [0.1, 0.15) is 6.04 Å². The molecule has 3 amide bonds. The molecule has 1 aliphatic heterocycles. The van der Waals surface area contributed by atoms with Crippen molar-refractivity contribution in [1.29, 1.82) is 0 Å². The molecule has 2 rings (SSSR count). The molecule has 17 heavy (non-hydrogen) atoms. The van der Waals surface area contributed by atoms with Gasteiger partial charge in [-0.15, -0.1) is 0 Å². The van der Waals surface area contributed by atoms with Crippen molar-refractivity contribution in [2.75, 3.05) is 13.2 Å². The van der Waals surface area contributed by atoms with E-state index in [0.29, 0.717) is 0 Å². The number of imide groups is 1. The summed E-state index contributed by atoms with van der Waals surface area (Å²) in [4.78, 5) is 24.5. The van der Waals surface area contributed by atoms with Crippen LogP contribution in [0.2, 0.25) is 0 Å². The number of aryl methyl sites for hydroxylation is 1. The third-order valence-corrected chi connectivity index (χ3v) is 2.79. The van der Waals surface area contributed by atoms with Crippen molar-refractivity contribution in [3.63, 3.8) is 0 Å². The first-order valence-electron chi connectivity index (χ1n) is 5.42. The lowest BCUT2D eigenvalue weighted by atomic mass is 10.0. The Kier molecular flexibility index (Phi) is 3.10. The van der Waals surface area contributed by atoms with E-state index in [0.717, 1.165) is 11.1 Å². The van der Waals surface area contributed by atoms with Crippen molar-refractivity contribution < 1.29 is 14.7 Å². The summed E-state index contributed by atoms with van der Waals surface area (Å²) >= 11 is 0. The number of nitrogens with zero attached hydrogens (tertiary/aromatic N) is 1. The van der Waals surface area contributed by atoms with E-state index in [2.05, 4.69) is 5.32 Å². The van der Waals surface area contributed by atoms with Crippen LogP contribution in [-0.4, -0.2) is 35.1 Å². The van der Waals surface area contributed by atoms with Crippen molar-refractivity contribution in [2.45, 2.75) is 13.0 Å². The molecule has 1 aromatic rings. The summed E-state index contributed by atoms with van der Waals surface area (Å²) in [5.74, 6) is -0.340. The average Bonchev–Trinajstić information content (AvgIpc) is 2.56. The summed E-state index contributed by atoms with van der Waals surface area (Å²) in [5.41, 5.74) is 1.85. The predicted octanol–water partition coefficient (Wildman–Crippen LogP) is 0.580. The minimum atomic E-state index is -0.629. The van der Waals surface area contributed by atoms with Crippen LogP contribution in [0, 0.1) is 6.92 Å². The number of hydrogen-bond donors (Lipinski definition) is 2. The Morgan fingerprint density at radius 3 is 2.53 bits per heavy atom. The van der Waals surface area contributed by atoms with E-state index in [1.807, 2.05) is 31.2 Å². The molecule has 1 fully saturated rings. The third kappa shape index (κ3) is 2.14. The zero-order chi connectivity index (χ0) is 12.4. The molecule has 1 aromatic carbocycles. The highest BCUT2D eigenvalue weighted by Gasteiger charge is 2.38. The van der Waals surface area contributed by atoms with Gasteiger partial charge in [-0.05, 0) is 12.5 Å². The van der Waals surface area contributed by atoms with Gasteiger partial charge in [-0.25, -0.2) is 4.79 Å². The number of aliphatic hydroxyl groups is 1. The summed E-state index contributed by atoms with van der Waals surface area (Å²) in [6.45, 7) is 1.94. The van der Waals surface area contributed by atoms with Crippen LogP contribution in [0.3, 0.4) is 0 Å². The first kappa shape index (κ1) is 11.6. The second kappa shape index (κ2) is 4.55. The number of urea groups is 1. The van der Waals surface area contributed by atoms with Gasteiger partial charge in [0.25, 0.3) is 5.91 Å². The Morgan fingerprint density at radius 2 is 1.94 bits per heavy atom. The summed E-state index contributed by atoms with van der Waals surface area (Å²) in [6.07, 6.45) is 0. The van der Waals surface area contributed by atoms with Crippen LogP contribution in [0.4, 0.5) is 4.79 Å². The molecular weight excluding hydrogens is 220 g/mol. The fourth-order valence-corrected chi connectivity index (χ4v) is 1.92. The maximum absolute atomic E-state index is 11.7. The highest BCUT2D eigenvalue weighted by Crippen LogP contribution is 2.25. The number of β-amino-alcohol motifs (C(OH)–C–C–N with tert-alkyl or cyclic N) is 1.